The fourth-order valence-corrected chi connectivity index (χ4v) is 0.734. The molecule has 12 heavy (non-hydrogen) atoms. The van der Waals surface area contributed by atoms with Gasteiger partial charge in [-0.2, -0.15) is 4.39 Å². The lowest BCUT2D eigenvalue weighted by Crippen LogP contribution is -2.01. The van der Waals surface area contributed by atoms with Crippen molar-refractivity contribution < 1.29 is 13.9 Å². The molecule has 0 heterocycles. The molecule has 0 bridgehead atoms. The maximum atomic E-state index is 12.0. The maximum Gasteiger partial charge on any atom is 0.345 e. The third-order valence-corrected chi connectivity index (χ3v) is 1.21. The Labute approximate surface area is 69.3 Å². The molecule has 0 atom stereocenters. The first-order valence-corrected chi connectivity index (χ1v) is 3.32. The number of carbonyl (C=O) groups excluding carboxylic acids is 1. The third-order valence-electron chi connectivity index (χ3n) is 1.21. The van der Waals surface area contributed by atoms with E-state index in [1.54, 1.807) is 18.2 Å². The molecular formula is C9H7FO2. The highest BCUT2D eigenvalue weighted by atomic mass is 19.1. The molecule has 3 heteroatoms. The highest BCUT2D eigenvalue weighted by molar-refractivity contribution is 5.89. The normalized spacial score (nSPS) is 9.08. The Morgan fingerprint density at radius 1 is 1.33 bits per heavy atom. The van der Waals surface area contributed by atoms with Crippen molar-refractivity contribution in [3.8, 4) is 0 Å². The topological polar surface area (TPSA) is 26.3 Å². The zero-order valence-electron chi connectivity index (χ0n) is 6.29. The summed E-state index contributed by atoms with van der Waals surface area (Å²) in [6, 6.07) is 7.05. The Bertz CT molecular complexity index is 293. The van der Waals surface area contributed by atoms with Crippen LogP contribution in [0.15, 0.2) is 42.9 Å². The average molecular weight is 166 g/mol. The Hall–Kier alpha value is -1.64. The van der Waals surface area contributed by atoms with Crippen molar-refractivity contribution >= 4 is 5.97 Å². The number of halogens is 1. The largest absolute Gasteiger partial charge is 0.396 e. The molecule has 1 aromatic rings. The van der Waals surface area contributed by atoms with Crippen LogP contribution in [0, 0.1) is 0 Å². The maximum absolute atomic E-state index is 12.0. The van der Waals surface area contributed by atoms with Crippen LogP contribution in [-0.4, -0.2) is 5.97 Å². The van der Waals surface area contributed by atoms with Gasteiger partial charge in [0.2, 0.25) is 0 Å². The van der Waals surface area contributed by atoms with Crippen molar-refractivity contribution in [2.45, 2.75) is 0 Å². The van der Waals surface area contributed by atoms with Gasteiger partial charge in [-0.3, -0.25) is 0 Å². The molecule has 0 aromatic heterocycles. The molecule has 0 amide bonds. The van der Waals surface area contributed by atoms with Crippen molar-refractivity contribution in [3.63, 3.8) is 0 Å². The number of rotatable bonds is 2. The molecule has 0 N–H and O–H groups in total. The zero-order valence-corrected chi connectivity index (χ0v) is 6.29. The Morgan fingerprint density at radius 2 is 1.92 bits per heavy atom. The lowest BCUT2D eigenvalue weighted by Gasteiger charge is -1.98. The van der Waals surface area contributed by atoms with Crippen LogP contribution in [0.2, 0.25) is 0 Å². The second-order valence-corrected chi connectivity index (χ2v) is 2.11. The fourth-order valence-electron chi connectivity index (χ4n) is 0.734. The first kappa shape index (κ1) is 8.46. The van der Waals surface area contributed by atoms with Crippen LogP contribution in [0.25, 0.3) is 0 Å². The molecule has 1 rings (SSSR count). The molecule has 0 unspecified atom stereocenters. The van der Waals surface area contributed by atoms with Gasteiger partial charge in [0.05, 0.1) is 5.56 Å². The molecule has 62 valence electrons. The molecule has 1 aromatic carbocycles. The number of carbonyl (C=O) groups is 1. The summed E-state index contributed by atoms with van der Waals surface area (Å²) in [5, 5.41) is 0. The molecule has 0 aliphatic carbocycles. The van der Waals surface area contributed by atoms with Gasteiger partial charge in [-0.15, -0.1) is 0 Å². The van der Waals surface area contributed by atoms with Crippen LogP contribution < -0.4 is 0 Å². The van der Waals surface area contributed by atoms with Crippen molar-refractivity contribution in [2.75, 3.05) is 0 Å². The molecule has 0 radical (unpaired) electrons. The van der Waals surface area contributed by atoms with E-state index in [-0.39, 0.29) is 0 Å². The second kappa shape index (κ2) is 3.67. The number of ether oxygens (including phenoxy) is 1. The summed E-state index contributed by atoms with van der Waals surface area (Å²) in [7, 11) is 0. The molecule has 0 aliphatic heterocycles. The highest BCUT2D eigenvalue weighted by Crippen LogP contribution is 2.04. The standard InChI is InChI=1S/C9H7FO2/c1-7(10)12-9(11)8-5-3-2-4-6-8/h2-6H,1H2. The summed E-state index contributed by atoms with van der Waals surface area (Å²) in [5.41, 5.74) is 0.302. The lowest BCUT2D eigenvalue weighted by atomic mass is 10.2. The average Bonchev–Trinajstić information content (AvgIpc) is 2.05. The van der Waals surface area contributed by atoms with Crippen LogP contribution in [0.5, 0.6) is 0 Å². The number of hydrogen-bond acceptors (Lipinski definition) is 2. The molecule has 0 spiro atoms. The van der Waals surface area contributed by atoms with E-state index in [2.05, 4.69) is 11.3 Å². The van der Waals surface area contributed by atoms with Gasteiger partial charge in [-0.05, 0) is 18.7 Å². The summed E-state index contributed by atoms with van der Waals surface area (Å²) in [6.45, 7) is 2.81. The van der Waals surface area contributed by atoms with Crippen molar-refractivity contribution in [1.29, 1.82) is 0 Å². The SMILES string of the molecule is C=C(F)OC(=O)c1ccccc1. The van der Waals surface area contributed by atoms with E-state index in [1.807, 2.05) is 0 Å². The van der Waals surface area contributed by atoms with Gasteiger partial charge in [-0.25, -0.2) is 4.79 Å². The predicted molar refractivity (Wildman–Crippen MR) is 42.1 cm³/mol. The van der Waals surface area contributed by atoms with E-state index in [0.717, 1.165) is 0 Å². The van der Waals surface area contributed by atoms with E-state index in [0.29, 0.717) is 5.56 Å². The zero-order chi connectivity index (χ0) is 8.97. The summed E-state index contributed by atoms with van der Waals surface area (Å²) in [4.78, 5) is 10.9. The predicted octanol–water partition coefficient (Wildman–Crippen LogP) is 2.28. The fraction of sp³-hybridized carbons (Fsp3) is 0. The minimum absolute atomic E-state index is 0.302. The molecule has 0 fully saturated rings. The number of benzene rings is 1. The van der Waals surface area contributed by atoms with E-state index < -0.39 is 12.0 Å². The van der Waals surface area contributed by atoms with Gasteiger partial charge in [-0.1, -0.05) is 18.2 Å². The number of esters is 1. The van der Waals surface area contributed by atoms with Crippen molar-refractivity contribution in [1.82, 2.24) is 0 Å². The van der Waals surface area contributed by atoms with Crippen molar-refractivity contribution in [3.05, 3.63) is 48.5 Å². The highest BCUT2D eigenvalue weighted by Gasteiger charge is 2.06. The summed E-state index contributed by atoms with van der Waals surface area (Å²) in [5.74, 6) is -0.733. The van der Waals surface area contributed by atoms with Crippen LogP contribution in [0.4, 0.5) is 4.39 Å². The van der Waals surface area contributed by atoms with Gasteiger partial charge in [0, 0.05) is 0 Å². The summed E-state index contributed by atoms with van der Waals surface area (Å²) < 4.78 is 16.1. The molecule has 0 saturated heterocycles. The van der Waals surface area contributed by atoms with Gasteiger partial charge in [0.1, 0.15) is 0 Å². The molecular weight excluding hydrogens is 159 g/mol. The van der Waals surface area contributed by atoms with Gasteiger partial charge >= 0.3 is 5.97 Å². The Kier molecular flexibility index (Phi) is 2.58. The first-order valence-electron chi connectivity index (χ1n) is 3.32. The molecule has 0 saturated carbocycles. The Morgan fingerprint density at radius 3 is 2.42 bits per heavy atom. The monoisotopic (exact) mass is 166 g/mol. The van der Waals surface area contributed by atoms with Crippen LogP contribution in [-0.2, 0) is 4.74 Å². The molecule has 0 aliphatic rings. The smallest absolute Gasteiger partial charge is 0.345 e. The minimum atomic E-state index is -1.09. The lowest BCUT2D eigenvalue weighted by molar-refractivity contribution is 0.0546. The van der Waals surface area contributed by atoms with Gasteiger partial charge < -0.3 is 4.74 Å². The van der Waals surface area contributed by atoms with E-state index in [1.165, 1.54) is 12.1 Å². The first-order chi connectivity index (χ1) is 5.70. The second-order valence-electron chi connectivity index (χ2n) is 2.11. The van der Waals surface area contributed by atoms with Crippen LogP contribution in [0.1, 0.15) is 10.4 Å². The quantitative estimate of drug-likeness (QED) is 0.497. The Balaban J connectivity index is 2.73. The third kappa shape index (κ3) is 2.20. The van der Waals surface area contributed by atoms with Crippen molar-refractivity contribution in [2.24, 2.45) is 0 Å². The van der Waals surface area contributed by atoms with E-state index in [4.69, 9.17) is 0 Å². The number of hydrogen-bond donors (Lipinski definition) is 0. The van der Waals surface area contributed by atoms with Gasteiger partial charge in [0.15, 0.2) is 0 Å². The van der Waals surface area contributed by atoms with Crippen LogP contribution in [0.3, 0.4) is 0 Å². The summed E-state index contributed by atoms with van der Waals surface area (Å²) in [6.07, 6.45) is 0. The van der Waals surface area contributed by atoms with Crippen LogP contribution >= 0.6 is 0 Å². The van der Waals surface area contributed by atoms with E-state index >= 15 is 0 Å². The summed E-state index contributed by atoms with van der Waals surface area (Å²) >= 11 is 0. The minimum Gasteiger partial charge on any atom is -0.396 e. The van der Waals surface area contributed by atoms with Gasteiger partial charge in [0.25, 0.3) is 6.01 Å². The van der Waals surface area contributed by atoms with E-state index in [9.17, 15) is 9.18 Å². The molecule has 2 nitrogen and oxygen atoms in total.